The Hall–Kier alpha value is -1.13. The average molecular weight is 251 g/mol. The Morgan fingerprint density at radius 2 is 2.22 bits per heavy atom. The van der Waals surface area contributed by atoms with Crippen LogP contribution in [0.15, 0.2) is 18.5 Å². The number of ether oxygens (including phenoxy) is 2. The molecule has 1 N–H and O–H groups in total. The molecule has 1 aromatic rings. The fraction of sp³-hybridized carbons (Fsp3) is 0.643. The molecule has 18 heavy (non-hydrogen) atoms. The summed E-state index contributed by atoms with van der Waals surface area (Å²) >= 11 is 0. The van der Waals surface area contributed by atoms with Crippen LogP contribution in [-0.4, -0.2) is 30.4 Å². The van der Waals surface area contributed by atoms with Gasteiger partial charge >= 0.3 is 0 Å². The first-order valence-corrected chi connectivity index (χ1v) is 6.50. The second-order valence-corrected chi connectivity index (χ2v) is 4.89. The normalized spacial score (nSPS) is 18.4. The van der Waals surface area contributed by atoms with E-state index in [0.717, 1.165) is 24.8 Å². The molecule has 0 aromatic carbocycles. The summed E-state index contributed by atoms with van der Waals surface area (Å²) in [6.07, 6.45) is 6.42. The Kier molecular flexibility index (Phi) is 4.19. The third-order valence-corrected chi connectivity index (χ3v) is 3.30. The summed E-state index contributed by atoms with van der Waals surface area (Å²) in [7, 11) is 1.61. The highest BCUT2D eigenvalue weighted by Gasteiger charge is 2.45. The smallest absolute Gasteiger partial charge is 0.137 e. The Morgan fingerprint density at radius 1 is 1.44 bits per heavy atom. The number of rotatable bonds is 7. The van der Waals surface area contributed by atoms with Crippen LogP contribution < -0.4 is 4.74 Å². The van der Waals surface area contributed by atoms with E-state index in [1.54, 1.807) is 19.5 Å². The van der Waals surface area contributed by atoms with Gasteiger partial charge in [-0.3, -0.25) is 4.98 Å². The Balaban J connectivity index is 2.19. The summed E-state index contributed by atoms with van der Waals surface area (Å²) in [5.74, 6) is 0.991. The van der Waals surface area contributed by atoms with Gasteiger partial charge in [0.05, 0.1) is 19.4 Å². The largest absolute Gasteiger partial charge is 0.492 e. The van der Waals surface area contributed by atoms with Crippen molar-refractivity contribution < 1.29 is 14.6 Å². The maximum Gasteiger partial charge on any atom is 0.137 e. The van der Waals surface area contributed by atoms with Crippen molar-refractivity contribution in [2.75, 3.05) is 20.3 Å². The molecule has 4 nitrogen and oxygen atoms in total. The molecule has 1 heterocycles. The van der Waals surface area contributed by atoms with Gasteiger partial charge in [-0.25, -0.2) is 0 Å². The minimum atomic E-state index is -0.923. The number of methoxy groups -OCH3 is 1. The lowest BCUT2D eigenvalue weighted by atomic mass is 9.91. The third-order valence-electron chi connectivity index (χ3n) is 3.30. The summed E-state index contributed by atoms with van der Waals surface area (Å²) in [4.78, 5) is 4.16. The van der Waals surface area contributed by atoms with Crippen molar-refractivity contribution in [3.63, 3.8) is 0 Å². The minimum absolute atomic E-state index is 0.278. The first-order chi connectivity index (χ1) is 8.70. The van der Waals surface area contributed by atoms with Gasteiger partial charge in [0.2, 0.25) is 0 Å². The number of aromatic nitrogens is 1. The van der Waals surface area contributed by atoms with Crippen LogP contribution in [0.5, 0.6) is 5.75 Å². The molecule has 1 aromatic heterocycles. The second kappa shape index (κ2) is 5.67. The zero-order chi connectivity index (χ0) is 13.0. The number of nitrogens with zero attached hydrogens (tertiary/aromatic N) is 1. The topological polar surface area (TPSA) is 51.6 Å². The number of hydrogen-bond donors (Lipinski definition) is 1. The maximum atomic E-state index is 10.8. The predicted octanol–water partition coefficient (Wildman–Crippen LogP) is 2.11. The van der Waals surface area contributed by atoms with Crippen molar-refractivity contribution in [3.05, 3.63) is 24.0 Å². The predicted molar refractivity (Wildman–Crippen MR) is 68.5 cm³/mol. The summed E-state index contributed by atoms with van der Waals surface area (Å²) < 4.78 is 10.7. The highest BCUT2D eigenvalue weighted by atomic mass is 16.5. The van der Waals surface area contributed by atoms with Gasteiger partial charge in [-0.2, -0.15) is 0 Å². The van der Waals surface area contributed by atoms with Crippen molar-refractivity contribution >= 4 is 0 Å². The van der Waals surface area contributed by atoms with Crippen LogP contribution >= 0.6 is 0 Å². The van der Waals surface area contributed by atoms with E-state index < -0.39 is 5.60 Å². The monoisotopic (exact) mass is 251 g/mol. The molecule has 1 saturated carbocycles. The van der Waals surface area contributed by atoms with Gasteiger partial charge in [0, 0.05) is 18.9 Å². The van der Waals surface area contributed by atoms with E-state index in [2.05, 4.69) is 11.9 Å². The molecule has 1 aliphatic rings. The second-order valence-electron chi connectivity index (χ2n) is 4.89. The quantitative estimate of drug-likeness (QED) is 0.806. The maximum absolute atomic E-state index is 10.8. The fourth-order valence-electron chi connectivity index (χ4n) is 2.17. The van der Waals surface area contributed by atoms with Crippen LogP contribution in [-0.2, 0) is 10.3 Å². The van der Waals surface area contributed by atoms with Gasteiger partial charge in [-0.1, -0.05) is 6.92 Å². The third kappa shape index (κ3) is 2.82. The lowest BCUT2D eigenvalue weighted by molar-refractivity contribution is -0.0536. The van der Waals surface area contributed by atoms with Gasteiger partial charge in [0.15, 0.2) is 0 Å². The summed E-state index contributed by atoms with van der Waals surface area (Å²) in [6, 6.07) is 1.88. The average Bonchev–Trinajstić information content (AvgIpc) is 3.21. The number of pyridine rings is 1. The molecule has 1 unspecified atom stereocenters. The van der Waals surface area contributed by atoms with Crippen molar-refractivity contribution in [1.82, 2.24) is 4.98 Å². The van der Waals surface area contributed by atoms with Gasteiger partial charge in [0.1, 0.15) is 11.4 Å². The van der Waals surface area contributed by atoms with E-state index in [-0.39, 0.29) is 5.92 Å². The molecular formula is C14H21NO3. The van der Waals surface area contributed by atoms with E-state index in [1.807, 2.05) is 6.07 Å². The molecule has 100 valence electrons. The first-order valence-electron chi connectivity index (χ1n) is 6.50. The Bertz CT molecular complexity index is 392. The van der Waals surface area contributed by atoms with Crippen molar-refractivity contribution in [1.29, 1.82) is 0 Å². The highest BCUT2D eigenvalue weighted by molar-refractivity contribution is 5.30. The van der Waals surface area contributed by atoms with Crippen molar-refractivity contribution in [2.45, 2.75) is 31.8 Å². The SMILES string of the molecule is CCCOc1cncc(C(O)(COC)C2CC2)c1. The molecule has 0 aliphatic heterocycles. The van der Waals surface area contributed by atoms with Crippen LogP contribution in [0.4, 0.5) is 0 Å². The highest BCUT2D eigenvalue weighted by Crippen LogP contribution is 2.46. The molecule has 2 rings (SSSR count). The zero-order valence-electron chi connectivity index (χ0n) is 11.1. The van der Waals surface area contributed by atoms with Crippen LogP contribution in [0.25, 0.3) is 0 Å². The zero-order valence-corrected chi connectivity index (χ0v) is 11.1. The molecule has 4 heteroatoms. The Labute approximate surface area is 108 Å². The van der Waals surface area contributed by atoms with Gasteiger partial charge in [-0.05, 0) is 31.2 Å². The van der Waals surface area contributed by atoms with Crippen LogP contribution in [0.1, 0.15) is 31.7 Å². The van der Waals surface area contributed by atoms with E-state index >= 15 is 0 Å². The molecule has 0 saturated heterocycles. The summed E-state index contributed by atoms with van der Waals surface area (Å²) in [5, 5.41) is 10.8. The molecule has 0 bridgehead atoms. The van der Waals surface area contributed by atoms with E-state index in [4.69, 9.17) is 9.47 Å². The molecule has 1 aliphatic carbocycles. The van der Waals surface area contributed by atoms with E-state index in [0.29, 0.717) is 19.0 Å². The first kappa shape index (κ1) is 13.3. The lowest BCUT2D eigenvalue weighted by Gasteiger charge is -2.27. The van der Waals surface area contributed by atoms with Gasteiger partial charge in [0.25, 0.3) is 0 Å². The Morgan fingerprint density at radius 3 is 2.83 bits per heavy atom. The van der Waals surface area contributed by atoms with Gasteiger partial charge < -0.3 is 14.6 Å². The minimum Gasteiger partial charge on any atom is -0.492 e. The molecular weight excluding hydrogens is 230 g/mol. The van der Waals surface area contributed by atoms with Crippen molar-refractivity contribution in [3.8, 4) is 5.75 Å². The summed E-state index contributed by atoms with van der Waals surface area (Å²) in [5.41, 5.74) is -0.131. The molecule has 0 spiro atoms. The van der Waals surface area contributed by atoms with Crippen LogP contribution in [0.3, 0.4) is 0 Å². The van der Waals surface area contributed by atoms with Gasteiger partial charge in [-0.15, -0.1) is 0 Å². The molecule has 0 radical (unpaired) electrons. The molecule has 1 fully saturated rings. The molecule has 0 amide bonds. The summed E-state index contributed by atoms with van der Waals surface area (Å²) in [6.45, 7) is 3.02. The fourth-order valence-corrected chi connectivity index (χ4v) is 2.17. The standard InChI is InChI=1S/C14H21NO3/c1-3-6-18-13-7-12(8-15-9-13)14(16,10-17-2)11-4-5-11/h7-9,11,16H,3-6,10H2,1-2H3. The van der Waals surface area contributed by atoms with E-state index in [1.165, 1.54) is 0 Å². The number of aliphatic hydroxyl groups is 1. The van der Waals surface area contributed by atoms with Crippen LogP contribution in [0, 0.1) is 5.92 Å². The molecule has 1 atom stereocenters. The van der Waals surface area contributed by atoms with Crippen molar-refractivity contribution in [2.24, 2.45) is 5.92 Å². The number of hydrogen-bond acceptors (Lipinski definition) is 4. The van der Waals surface area contributed by atoms with Crippen LogP contribution in [0.2, 0.25) is 0 Å². The van der Waals surface area contributed by atoms with E-state index in [9.17, 15) is 5.11 Å². The lowest BCUT2D eigenvalue weighted by Crippen LogP contribution is -2.33.